The molecule has 0 unspecified atom stereocenters. The summed E-state index contributed by atoms with van der Waals surface area (Å²) < 4.78 is 10.9. The molecule has 0 amide bonds. The van der Waals surface area contributed by atoms with E-state index in [1.54, 1.807) is 30.7 Å². The second-order valence-corrected chi connectivity index (χ2v) is 6.41. The first kappa shape index (κ1) is 16.6. The van der Waals surface area contributed by atoms with Crippen molar-refractivity contribution in [1.29, 1.82) is 0 Å². The summed E-state index contributed by atoms with van der Waals surface area (Å²) in [6, 6.07) is 12.6. The Hall–Kier alpha value is -2.83. The lowest BCUT2D eigenvalue weighted by molar-refractivity contribution is 0.205. The summed E-state index contributed by atoms with van der Waals surface area (Å²) in [4.78, 5) is 21.8. The molecule has 0 saturated carbocycles. The molecular formula is C19H16ClN3O3. The minimum absolute atomic E-state index is 0.183. The fourth-order valence-corrected chi connectivity index (χ4v) is 3.03. The molecule has 0 spiro atoms. The number of aromatic amines is 1. The quantitative estimate of drug-likeness (QED) is 0.556. The highest BCUT2D eigenvalue weighted by Crippen LogP contribution is 2.17. The zero-order valence-corrected chi connectivity index (χ0v) is 14.6. The van der Waals surface area contributed by atoms with Crippen LogP contribution in [0, 0.1) is 0 Å². The summed E-state index contributed by atoms with van der Waals surface area (Å²) in [6.07, 6.45) is 3.27. The van der Waals surface area contributed by atoms with Gasteiger partial charge in [-0.05, 0) is 42.5 Å². The minimum atomic E-state index is -0.183. The number of hydrogen-bond donors (Lipinski definition) is 1. The van der Waals surface area contributed by atoms with Gasteiger partial charge in [0.2, 0.25) is 0 Å². The van der Waals surface area contributed by atoms with Gasteiger partial charge in [0.25, 0.3) is 5.56 Å². The Morgan fingerprint density at radius 2 is 1.69 bits per heavy atom. The van der Waals surface area contributed by atoms with Crippen LogP contribution in [0.5, 0.6) is 0 Å². The SMILES string of the molecule is O=c1[nH]c(CN(Cc2ccco2)Cc2ccco2)nc2cc(Cl)ccc12. The van der Waals surface area contributed by atoms with Crippen molar-refractivity contribution >= 4 is 22.5 Å². The molecule has 3 aromatic heterocycles. The largest absolute Gasteiger partial charge is 0.468 e. The van der Waals surface area contributed by atoms with E-state index < -0.39 is 0 Å². The summed E-state index contributed by atoms with van der Waals surface area (Å²) in [6.45, 7) is 1.55. The number of H-pyrrole nitrogens is 1. The van der Waals surface area contributed by atoms with Crippen molar-refractivity contribution in [2.75, 3.05) is 0 Å². The maximum atomic E-state index is 12.3. The number of nitrogens with zero attached hydrogens (tertiary/aromatic N) is 2. The monoisotopic (exact) mass is 369 g/mol. The van der Waals surface area contributed by atoms with Crippen molar-refractivity contribution in [2.24, 2.45) is 0 Å². The fourth-order valence-electron chi connectivity index (χ4n) is 2.86. The lowest BCUT2D eigenvalue weighted by Gasteiger charge is -2.19. The second-order valence-electron chi connectivity index (χ2n) is 5.98. The molecule has 0 radical (unpaired) electrons. The lowest BCUT2D eigenvalue weighted by Crippen LogP contribution is -2.25. The minimum Gasteiger partial charge on any atom is -0.468 e. The van der Waals surface area contributed by atoms with Crippen LogP contribution in [0.25, 0.3) is 10.9 Å². The molecule has 0 bridgehead atoms. The number of aromatic nitrogens is 2. The Morgan fingerprint density at radius 3 is 2.31 bits per heavy atom. The number of nitrogens with one attached hydrogen (secondary N) is 1. The summed E-state index contributed by atoms with van der Waals surface area (Å²) in [5.74, 6) is 2.20. The molecule has 7 heteroatoms. The van der Waals surface area contributed by atoms with Crippen molar-refractivity contribution in [2.45, 2.75) is 19.6 Å². The molecule has 4 aromatic rings. The number of rotatable bonds is 6. The van der Waals surface area contributed by atoms with Crippen LogP contribution in [0.15, 0.2) is 68.6 Å². The van der Waals surface area contributed by atoms with Crippen LogP contribution in [0.4, 0.5) is 0 Å². The molecule has 0 aliphatic carbocycles. The third kappa shape index (κ3) is 3.71. The third-order valence-corrected chi connectivity index (χ3v) is 4.25. The highest BCUT2D eigenvalue weighted by atomic mass is 35.5. The van der Waals surface area contributed by atoms with Gasteiger partial charge in [-0.3, -0.25) is 9.69 Å². The summed E-state index contributed by atoms with van der Waals surface area (Å²) in [5, 5.41) is 1.06. The van der Waals surface area contributed by atoms with E-state index in [4.69, 9.17) is 20.4 Å². The number of benzene rings is 1. The van der Waals surface area contributed by atoms with Crippen LogP contribution in [-0.2, 0) is 19.6 Å². The molecule has 0 aliphatic rings. The van der Waals surface area contributed by atoms with Gasteiger partial charge in [-0.25, -0.2) is 4.98 Å². The van der Waals surface area contributed by atoms with Gasteiger partial charge in [-0.1, -0.05) is 11.6 Å². The average molecular weight is 370 g/mol. The zero-order chi connectivity index (χ0) is 17.9. The van der Waals surface area contributed by atoms with Gasteiger partial charge in [0.1, 0.15) is 17.3 Å². The van der Waals surface area contributed by atoms with E-state index in [0.29, 0.717) is 41.4 Å². The van der Waals surface area contributed by atoms with Crippen LogP contribution >= 0.6 is 11.6 Å². The third-order valence-electron chi connectivity index (χ3n) is 4.01. The molecule has 132 valence electrons. The molecule has 0 atom stereocenters. The standard InChI is InChI=1S/C19H16ClN3O3/c20-13-5-6-16-17(9-13)21-18(22-19(16)24)12-23(10-14-3-1-7-25-14)11-15-4-2-8-26-15/h1-9H,10-12H2,(H,21,22,24). The first-order valence-corrected chi connectivity index (χ1v) is 8.51. The summed E-state index contributed by atoms with van der Waals surface area (Å²) >= 11 is 6.03. The van der Waals surface area contributed by atoms with Crippen LogP contribution in [0.3, 0.4) is 0 Å². The van der Waals surface area contributed by atoms with E-state index in [2.05, 4.69) is 14.9 Å². The first-order valence-electron chi connectivity index (χ1n) is 8.13. The zero-order valence-electron chi connectivity index (χ0n) is 13.8. The van der Waals surface area contributed by atoms with Crippen LogP contribution in [0.2, 0.25) is 5.02 Å². The van der Waals surface area contributed by atoms with Gasteiger partial charge in [-0.15, -0.1) is 0 Å². The van der Waals surface area contributed by atoms with Crippen molar-refractivity contribution in [3.63, 3.8) is 0 Å². The van der Waals surface area contributed by atoms with Crippen LogP contribution in [0.1, 0.15) is 17.3 Å². The second kappa shape index (κ2) is 7.19. The number of halogens is 1. The number of hydrogen-bond acceptors (Lipinski definition) is 5. The topological polar surface area (TPSA) is 75.3 Å². The molecule has 0 saturated heterocycles. The fraction of sp³-hybridized carbons (Fsp3) is 0.158. The maximum absolute atomic E-state index is 12.3. The lowest BCUT2D eigenvalue weighted by atomic mass is 10.2. The number of furan rings is 2. The van der Waals surface area contributed by atoms with E-state index in [1.165, 1.54) is 0 Å². The molecule has 1 aromatic carbocycles. The molecule has 3 heterocycles. The highest BCUT2D eigenvalue weighted by Gasteiger charge is 2.14. The number of fused-ring (bicyclic) bond motifs is 1. The van der Waals surface area contributed by atoms with E-state index in [-0.39, 0.29) is 5.56 Å². The van der Waals surface area contributed by atoms with E-state index in [1.807, 2.05) is 24.3 Å². The predicted molar refractivity (Wildman–Crippen MR) is 97.7 cm³/mol. The van der Waals surface area contributed by atoms with Crippen molar-refractivity contribution in [1.82, 2.24) is 14.9 Å². The Labute approximate surface area is 154 Å². The molecule has 0 fully saturated rings. The average Bonchev–Trinajstić information content (AvgIpc) is 3.28. The van der Waals surface area contributed by atoms with Gasteiger partial charge in [0, 0.05) is 5.02 Å². The van der Waals surface area contributed by atoms with Crippen LogP contribution in [-0.4, -0.2) is 14.9 Å². The molecule has 0 aliphatic heterocycles. The molecular weight excluding hydrogens is 354 g/mol. The highest BCUT2D eigenvalue weighted by molar-refractivity contribution is 6.31. The van der Waals surface area contributed by atoms with Crippen LogP contribution < -0.4 is 5.56 Å². The smallest absolute Gasteiger partial charge is 0.258 e. The Balaban J connectivity index is 1.63. The Kier molecular flexibility index (Phi) is 4.60. The normalized spacial score (nSPS) is 11.5. The molecule has 1 N–H and O–H groups in total. The van der Waals surface area contributed by atoms with E-state index in [0.717, 1.165) is 11.5 Å². The predicted octanol–water partition coefficient (Wildman–Crippen LogP) is 3.96. The van der Waals surface area contributed by atoms with Gasteiger partial charge < -0.3 is 13.8 Å². The first-order chi connectivity index (χ1) is 12.7. The van der Waals surface area contributed by atoms with Gasteiger partial charge in [-0.2, -0.15) is 0 Å². The van der Waals surface area contributed by atoms with Gasteiger partial charge >= 0.3 is 0 Å². The Bertz CT molecular complexity index is 1020. The molecule has 4 rings (SSSR count). The van der Waals surface area contributed by atoms with E-state index >= 15 is 0 Å². The van der Waals surface area contributed by atoms with E-state index in [9.17, 15) is 4.79 Å². The van der Waals surface area contributed by atoms with Crippen molar-refractivity contribution in [3.8, 4) is 0 Å². The van der Waals surface area contributed by atoms with Crippen molar-refractivity contribution < 1.29 is 8.83 Å². The summed E-state index contributed by atoms with van der Waals surface area (Å²) in [5.41, 5.74) is 0.393. The van der Waals surface area contributed by atoms with Gasteiger partial charge in [0.15, 0.2) is 0 Å². The summed E-state index contributed by atoms with van der Waals surface area (Å²) in [7, 11) is 0. The van der Waals surface area contributed by atoms with Crippen molar-refractivity contribution in [3.05, 3.63) is 87.7 Å². The molecule has 6 nitrogen and oxygen atoms in total. The van der Waals surface area contributed by atoms with Gasteiger partial charge in [0.05, 0.1) is 43.1 Å². The molecule has 26 heavy (non-hydrogen) atoms. The maximum Gasteiger partial charge on any atom is 0.258 e. The Morgan fingerprint density at radius 1 is 1.00 bits per heavy atom.